The van der Waals surface area contributed by atoms with Crippen molar-refractivity contribution < 1.29 is 31.9 Å². The lowest BCUT2D eigenvalue weighted by Gasteiger charge is -2.12. The average molecular weight is 381 g/mol. The third-order valence-electron chi connectivity index (χ3n) is 3.29. The summed E-state index contributed by atoms with van der Waals surface area (Å²) in [6, 6.07) is 9.86. The number of anilines is 1. The van der Waals surface area contributed by atoms with Crippen LogP contribution in [0.2, 0.25) is 0 Å². The minimum Gasteiger partial charge on any atom is -0.466 e. The van der Waals surface area contributed by atoms with Crippen molar-refractivity contribution in [1.29, 1.82) is 0 Å². The van der Waals surface area contributed by atoms with Gasteiger partial charge in [-0.25, -0.2) is 22.4 Å². The van der Waals surface area contributed by atoms with Crippen molar-refractivity contribution in [1.82, 2.24) is 0 Å². The van der Waals surface area contributed by atoms with E-state index in [1.165, 1.54) is 37.3 Å². The summed E-state index contributed by atoms with van der Waals surface area (Å²) in [6.45, 7) is 1.33. The summed E-state index contributed by atoms with van der Waals surface area (Å²) < 4.78 is 49.4. The highest BCUT2D eigenvalue weighted by atomic mass is 32.2. The zero-order chi connectivity index (χ0) is 19.3. The molecule has 138 valence electrons. The predicted octanol–water partition coefficient (Wildman–Crippen LogP) is 2.34. The molecule has 0 aliphatic carbocycles. The van der Waals surface area contributed by atoms with Crippen LogP contribution in [-0.4, -0.2) is 33.6 Å². The Kier molecular flexibility index (Phi) is 5.93. The third-order valence-corrected chi connectivity index (χ3v) is 4.67. The van der Waals surface area contributed by atoms with E-state index in [0.29, 0.717) is 0 Å². The van der Waals surface area contributed by atoms with Crippen molar-refractivity contribution in [3.63, 3.8) is 0 Å². The summed E-state index contributed by atoms with van der Waals surface area (Å²) in [5, 5.41) is 0. The normalized spacial score (nSPS) is 12.1. The van der Waals surface area contributed by atoms with Gasteiger partial charge in [-0.1, -0.05) is 6.07 Å². The van der Waals surface area contributed by atoms with Gasteiger partial charge >= 0.3 is 11.9 Å². The van der Waals surface area contributed by atoms with E-state index in [-0.39, 0.29) is 16.1 Å². The van der Waals surface area contributed by atoms with E-state index < -0.39 is 33.9 Å². The van der Waals surface area contributed by atoms with Crippen molar-refractivity contribution in [3.05, 3.63) is 59.9 Å². The van der Waals surface area contributed by atoms with Gasteiger partial charge in [-0.05, 0) is 49.4 Å². The number of halogens is 1. The number of hydrogen-bond acceptors (Lipinski definition) is 6. The van der Waals surface area contributed by atoms with Crippen LogP contribution in [0.3, 0.4) is 0 Å². The first kappa shape index (κ1) is 19.4. The molecule has 0 spiro atoms. The van der Waals surface area contributed by atoms with Gasteiger partial charge in [0.15, 0.2) is 6.10 Å². The van der Waals surface area contributed by atoms with Crippen LogP contribution in [0.25, 0.3) is 0 Å². The van der Waals surface area contributed by atoms with Gasteiger partial charge in [-0.15, -0.1) is 0 Å². The summed E-state index contributed by atoms with van der Waals surface area (Å²) in [4.78, 5) is 23.2. The fraction of sp³-hybridized carbons (Fsp3) is 0.176. The quantitative estimate of drug-likeness (QED) is 0.771. The van der Waals surface area contributed by atoms with Crippen LogP contribution in [0.1, 0.15) is 17.3 Å². The molecule has 0 unspecified atom stereocenters. The lowest BCUT2D eigenvalue weighted by molar-refractivity contribution is -0.149. The minimum absolute atomic E-state index is 0.0530. The summed E-state index contributed by atoms with van der Waals surface area (Å²) >= 11 is 0. The highest BCUT2D eigenvalue weighted by Crippen LogP contribution is 2.18. The van der Waals surface area contributed by atoms with Gasteiger partial charge in [0.2, 0.25) is 0 Å². The van der Waals surface area contributed by atoms with Crippen molar-refractivity contribution in [2.75, 3.05) is 11.8 Å². The topological polar surface area (TPSA) is 98.8 Å². The second-order valence-corrected chi connectivity index (χ2v) is 6.89. The Morgan fingerprint density at radius 2 is 1.77 bits per heavy atom. The molecule has 0 fully saturated rings. The molecular formula is C17H16FNO6S. The monoisotopic (exact) mass is 381 g/mol. The van der Waals surface area contributed by atoms with Crippen LogP contribution in [0.15, 0.2) is 53.4 Å². The minimum atomic E-state index is -4.00. The average Bonchev–Trinajstić information content (AvgIpc) is 2.62. The maximum absolute atomic E-state index is 12.9. The number of nitrogens with one attached hydrogen (secondary N) is 1. The van der Waals surface area contributed by atoms with Crippen LogP contribution < -0.4 is 4.72 Å². The molecule has 0 aliphatic heterocycles. The Morgan fingerprint density at radius 1 is 1.12 bits per heavy atom. The van der Waals surface area contributed by atoms with Gasteiger partial charge in [0.25, 0.3) is 10.0 Å². The van der Waals surface area contributed by atoms with Crippen molar-refractivity contribution in [2.45, 2.75) is 17.9 Å². The molecule has 0 aromatic heterocycles. The van der Waals surface area contributed by atoms with Gasteiger partial charge in [0.1, 0.15) is 5.82 Å². The molecule has 0 saturated carbocycles. The van der Waals surface area contributed by atoms with E-state index in [4.69, 9.17) is 4.74 Å². The zero-order valence-corrected chi connectivity index (χ0v) is 14.7. The summed E-state index contributed by atoms with van der Waals surface area (Å²) in [5.74, 6) is -2.11. The second kappa shape index (κ2) is 7.96. The standard InChI is InChI=1S/C17H16FNO6S/c1-11(16(20)24-2)25-17(21)12-4-3-5-15(10-12)26(22,23)19-14-8-6-13(18)7-9-14/h3-11,19H,1-2H3/t11-/m1/s1. The molecule has 0 saturated heterocycles. The maximum Gasteiger partial charge on any atom is 0.346 e. The number of benzene rings is 2. The fourth-order valence-electron chi connectivity index (χ4n) is 1.96. The number of methoxy groups -OCH3 is 1. The Balaban J connectivity index is 2.20. The van der Waals surface area contributed by atoms with Gasteiger partial charge < -0.3 is 9.47 Å². The number of rotatable bonds is 6. The fourth-order valence-corrected chi connectivity index (χ4v) is 3.07. The Labute approximate surface area is 149 Å². The van der Waals surface area contributed by atoms with Crippen LogP contribution in [-0.2, 0) is 24.3 Å². The molecule has 0 heterocycles. The second-order valence-electron chi connectivity index (χ2n) is 5.21. The number of carbonyl (C=O) groups is 2. The van der Waals surface area contributed by atoms with E-state index in [9.17, 15) is 22.4 Å². The number of sulfonamides is 1. The molecule has 1 atom stereocenters. The SMILES string of the molecule is COC(=O)[C@@H](C)OC(=O)c1cccc(S(=O)(=O)Nc2ccc(F)cc2)c1. The Bertz CT molecular complexity index is 911. The highest BCUT2D eigenvalue weighted by Gasteiger charge is 2.21. The van der Waals surface area contributed by atoms with Gasteiger partial charge in [0.05, 0.1) is 17.6 Å². The molecule has 2 aromatic rings. The summed E-state index contributed by atoms with van der Waals surface area (Å²) in [6.07, 6.45) is -1.13. The summed E-state index contributed by atoms with van der Waals surface area (Å²) in [5.41, 5.74) is 0.112. The highest BCUT2D eigenvalue weighted by molar-refractivity contribution is 7.92. The zero-order valence-electron chi connectivity index (χ0n) is 13.9. The first-order chi connectivity index (χ1) is 12.2. The van der Waals surface area contributed by atoms with E-state index in [1.807, 2.05) is 0 Å². The summed E-state index contributed by atoms with van der Waals surface area (Å²) in [7, 11) is -2.85. The molecule has 2 rings (SSSR count). The molecule has 0 radical (unpaired) electrons. The lowest BCUT2D eigenvalue weighted by Crippen LogP contribution is -2.25. The molecule has 1 N–H and O–H groups in total. The largest absolute Gasteiger partial charge is 0.466 e. The maximum atomic E-state index is 12.9. The third kappa shape index (κ3) is 4.79. The van der Waals surface area contributed by atoms with Crippen LogP contribution in [0.5, 0.6) is 0 Å². The molecular weight excluding hydrogens is 365 g/mol. The molecule has 7 nitrogen and oxygen atoms in total. The molecule has 9 heteroatoms. The van der Waals surface area contributed by atoms with Crippen molar-refractivity contribution in [3.8, 4) is 0 Å². The van der Waals surface area contributed by atoms with Gasteiger partial charge in [-0.3, -0.25) is 4.72 Å². The van der Waals surface area contributed by atoms with E-state index in [1.54, 1.807) is 0 Å². The number of carbonyl (C=O) groups excluding carboxylic acids is 2. The van der Waals surface area contributed by atoms with Crippen molar-refractivity contribution in [2.24, 2.45) is 0 Å². The number of esters is 2. The van der Waals surface area contributed by atoms with Crippen molar-refractivity contribution >= 4 is 27.6 Å². The first-order valence-corrected chi connectivity index (χ1v) is 8.88. The lowest BCUT2D eigenvalue weighted by atomic mass is 10.2. The van der Waals surface area contributed by atoms with E-state index in [2.05, 4.69) is 9.46 Å². The van der Waals surface area contributed by atoms with Crippen LogP contribution in [0, 0.1) is 5.82 Å². The molecule has 26 heavy (non-hydrogen) atoms. The van der Waals surface area contributed by atoms with E-state index >= 15 is 0 Å². The van der Waals surface area contributed by atoms with E-state index in [0.717, 1.165) is 25.3 Å². The predicted molar refractivity (Wildman–Crippen MR) is 90.5 cm³/mol. The van der Waals surface area contributed by atoms with Gasteiger partial charge in [-0.2, -0.15) is 0 Å². The van der Waals surface area contributed by atoms with Gasteiger partial charge in [0, 0.05) is 5.69 Å². The molecule has 0 aliphatic rings. The number of ether oxygens (including phenoxy) is 2. The molecule has 0 amide bonds. The number of hydrogen-bond donors (Lipinski definition) is 1. The smallest absolute Gasteiger partial charge is 0.346 e. The molecule has 2 aromatic carbocycles. The Hall–Kier alpha value is -2.94. The van der Waals surface area contributed by atoms with Crippen LogP contribution in [0.4, 0.5) is 10.1 Å². The Morgan fingerprint density at radius 3 is 2.38 bits per heavy atom. The van der Waals surface area contributed by atoms with Crippen LogP contribution >= 0.6 is 0 Å². The molecule has 0 bridgehead atoms. The first-order valence-electron chi connectivity index (χ1n) is 7.40.